The van der Waals surface area contributed by atoms with Gasteiger partial charge in [-0.05, 0) is 36.2 Å². The van der Waals surface area contributed by atoms with E-state index in [-0.39, 0.29) is 23.6 Å². The van der Waals surface area contributed by atoms with E-state index in [9.17, 15) is 26.7 Å². The highest BCUT2D eigenvalue weighted by molar-refractivity contribution is 7.89. The number of ether oxygens (including phenoxy) is 1. The van der Waals surface area contributed by atoms with Crippen LogP contribution in [0.5, 0.6) is 5.75 Å². The van der Waals surface area contributed by atoms with Gasteiger partial charge in [0.2, 0.25) is 20.0 Å². The molecule has 2 unspecified atom stereocenters. The van der Waals surface area contributed by atoms with E-state index in [1.807, 2.05) is 0 Å². The van der Waals surface area contributed by atoms with Crippen molar-refractivity contribution in [2.45, 2.75) is 29.2 Å². The average Bonchev–Trinajstić information content (AvgIpc) is 2.96. The lowest BCUT2D eigenvalue weighted by atomic mass is 10.1. The Kier molecular flexibility index (Phi) is 7.34. The lowest BCUT2D eigenvalue weighted by Gasteiger charge is -2.31. The lowest BCUT2D eigenvalue weighted by molar-refractivity contribution is -0.142. The van der Waals surface area contributed by atoms with Crippen molar-refractivity contribution in [3.63, 3.8) is 0 Å². The molecule has 1 aliphatic heterocycles. The first-order valence-corrected chi connectivity index (χ1v) is 12.8. The third kappa shape index (κ3) is 5.54. The zero-order valence-electron chi connectivity index (χ0n) is 17.3. The van der Waals surface area contributed by atoms with Crippen LogP contribution >= 0.6 is 0 Å². The van der Waals surface area contributed by atoms with Gasteiger partial charge in [0.1, 0.15) is 11.8 Å². The maximum Gasteiger partial charge on any atom is 0.323 e. The van der Waals surface area contributed by atoms with Crippen LogP contribution in [0, 0.1) is 0 Å². The van der Waals surface area contributed by atoms with E-state index < -0.39 is 38.1 Å². The van der Waals surface area contributed by atoms with Crippen molar-refractivity contribution in [3.8, 4) is 5.75 Å². The standard InChI is InChI=1S/C21H24N2O7S2/c1-30-17-10-12-18(13-11-17)32(28,29)23-14-6-5-9-19(20(23)21(24)25)22-31(26,27)15-16-7-3-2-4-8-16/h2-8,10-13,19-20,22H,9,14-15H2,1H3,(H,24,25). The van der Waals surface area contributed by atoms with Gasteiger partial charge < -0.3 is 9.84 Å². The lowest BCUT2D eigenvalue weighted by Crippen LogP contribution is -2.56. The maximum atomic E-state index is 13.3. The quantitative estimate of drug-likeness (QED) is 0.549. The number of benzene rings is 2. The van der Waals surface area contributed by atoms with Crippen LogP contribution < -0.4 is 9.46 Å². The second-order valence-electron chi connectivity index (χ2n) is 7.21. The summed E-state index contributed by atoms with van der Waals surface area (Å²) in [6.45, 7) is -0.206. The molecule has 2 aromatic rings. The molecule has 0 amide bonds. The van der Waals surface area contributed by atoms with E-state index in [1.54, 1.807) is 36.4 Å². The normalized spacial score (nSPS) is 19.9. The molecule has 0 spiro atoms. The maximum absolute atomic E-state index is 13.3. The molecule has 172 valence electrons. The topological polar surface area (TPSA) is 130 Å². The van der Waals surface area contributed by atoms with Crippen molar-refractivity contribution < 1.29 is 31.5 Å². The van der Waals surface area contributed by atoms with Gasteiger partial charge >= 0.3 is 5.97 Å². The molecule has 32 heavy (non-hydrogen) atoms. The number of carboxylic acid groups (broad SMARTS) is 1. The highest BCUT2D eigenvalue weighted by Gasteiger charge is 2.42. The first kappa shape index (κ1) is 23.9. The first-order valence-electron chi connectivity index (χ1n) is 9.72. The SMILES string of the molecule is COc1ccc(S(=O)(=O)N2CC=CCC(NS(=O)(=O)Cc3ccccc3)C2C(=O)O)cc1. The monoisotopic (exact) mass is 480 g/mol. The number of carboxylic acids is 1. The second kappa shape index (κ2) is 9.82. The smallest absolute Gasteiger partial charge is 0.323 e. The van der Waals surface area contributed by atoms with Gasteiger partial charge in [0.25, 0.3) is 0 Å². The van der Waals surface area contributed by atoms with Gasteiger partial charge in [0.05, 0.1) is 23.8 Å². The van der Waals surface area contributed by atoms with Gasteiger partial charge in [-0.3, -0.25) is 4.79 Å². The van der Waals surface area contributed by atoms with E-state index in [1.165, 1.54) is 37.5 Å². The van der Waals surface area contributed by atoms with Crippen LogP contribution in [-0.4, -0.2) is 58.0 Å². The van der Waals surface area contributed by atoms with E-state index in [4.69, 9.17) is 4.74 Å². The first-order chi connectivity index (χ1) is 15.1. The summed E-state index contributed by atoms with van der Waals surface area (Å²) in [5.74, 6) is -1.36. The molecule has 3 rings (SSSR count). The number of methoxy groups -OCH3 is 1. The highest BCUT2D eigenvalue weighted by atomic mass is 32.2. The molecule has 1 aliphatic rings. The highest BCUT2D eigenvalue weighted by Crippen LogP contribution is 2.25. The molecular weight excluding hydrogens is 456 g/mol. The zero-order chi connectivity index (χ0) is 23.4. The Balaban J connectivity index is 1.92. The summed E-state index contributed by atoms with van der Waals surface area (Å²) in [7, 11) is -6.75. The van der Waals surface area contributed by atoms with Crippen molar-refractivity contribution in [1.82, 2.24) is 9.03 Å². The Morgan fingerprint density at radius 3 is 2.31 bits per heavy atom. The van der Waals surface area contributed by atoms with Gasteiger partial charge in [0.15, 0.2) is 0 Å². The molecule has 2 atom stereocenters. The molecule has 9 nitrogen and oxygen atoms in total. The molecular formula is C21H24N2O7S2. The Bertz CT molecular complexity index is 1180. The Morgan fingerprint density at radius 2 is 1.72 bits per heavy atom. The van der Waals surface area contributed by atoms with Crippen LogP contribution in [0.25, 0.3) is 0 Å². The predicted molar refractivity (Wildman–Crippen MR) is 118 cm³/mol. The number of sulfonamides is 2. The molecule has 0 saturated carbocycles. The minimum Gasteiger partial charge on any atom is -0.497 e. The summed E-state index contributed by atoms with van der Waals surface area (Å²) < 4.78 is 60.2. The van der Waals surface area contributed by atoms with E-state index in [0.717, 1.165) is 4.31 Å². The molecule has 0 fully saturated rings. The molecule has 2 N–H and O–H groups in total. The molecule has 0 bridgehead atoms. The van der Waals surface area contributed by atoms with Crippen LogP contribution in [0.2, 0.25) is 0 Å². The van der Waals surface area contributed by atoms with Crippen LogP contribution in [0.1, 0.15) is 12.0 Å². The number of aliphatic carboxylic acids is 1. The molecule has 11 heteroatoms. The van der Waals surface area contributed by atoms with Crippen molar-refractivity contribution in [2.24, 2.45) is 0 Å². The predicted octanol–water partition coefficient (Wildman–Crippen LogP) is 1.59. The molecule has 1 heterocycles. The molecule has 2 aromatic carbocycles. The third-order valence-electron chi connectivity index (χ3n) is 4.98. The average molecular weight is 481 g/mol. The van der Waals surface area contributed by atoms with Gasteiger partial charge in [-0.2, -0.15) is 4.31 Å². The number of carbonyl (C=O) groups is 1. The summed E-state index contributed by atoms with van der Waals surface area (Å²) >= 11 is 0. The van der Waals surface area contributed by atoms with Gasteiger partial charge in [-0.25, -0.2) is 21.6 Å². The van der Waals surface area contributed by atoms with Gasteiger partial charge in [0, 0.05) is 6.54 Å². The molecule has 0 aromatic heterocycles. The van der Waals surface area contributed by atoms with E-state index in [0.29, 0.717) is 11.3 Å². The molecule has 0 radical (unpaired) electrons. The van der Waals surface area contributed by atoms with Crippen molar-refractivity contribution >= 4 is 26.0 Å². The van der Waals surface area contributed by atoms with Crippen molar-refractivity contribution in [2.75, 3.05) is 13.7 Å². The summed E-state index contributed by atoms with van der Waals surface area (Å²) in [5.41, 5.74) is 0.527. The fourth-order valence-corrected chi connectivity index (χ4v) is 6.44. The number of nitrogens with one attached hydrogen (secondary N) is 1. The van der Waals surface area contributed by atoms with Gasteiger partial charge in [-0.1, -0.05) is 42.5 Å². The number of hydrogen-bond donors (Lipinski definition) is 2. The Labute approximate surface area is 187 Å². The number of hydrogen-bond acceptors (Lipinski definition) is 6. The van der Waals surface area contributed by atoms with Crippen LogP contribution in [-0.2, 0) is 30.6 Å². The van der Waals surface area contributed by atoms with E-state index in [2.05, 4.69) is 4.72 Å². The van der Waals surface area contributed by atoms with Crippen molar-refractivity contribution in [1.29, 1.82) is 0 Å². The summed E-state index contributed by atoms with van der Waals surface area (Å²) in [6.07, 6.45) is 3.12. The fraction of sp³-hybridized carbons (Fsp3) is 0.286. The van der Waals surface area contributed by atoms with Crippen LogP contribution in [0.3, 0.4) is 0 Å². The number of rotatable bonds is 8. The zero-order valence-corrected chi connectivity index (χ0v) is 18.9. The van der Waals surface area contributed by atoms with E-state index >= 15 is 0 Å². The Hall–Kier alpha value is -2.73. The third-order valence-corrected chi connectivity index (χ3v) is 8.22. The van der Waals surface area contributed by atoms with Gasteiger partial charge in [-0.15, -0.1) is 0 Å². The largest absolute Gasteiger partial charge is 0.497 e. The number of nitrogens with zero attached hydrogens (tertiary/aromatic N) is 1. The minimum atomic E-state index is -4.24. The fourth-order valence-electron chi connectivity index (χ4n) is 3.47. The minimum absolute atomic E-state index is 0.0274. The van der Waals surface area contributed by atoms with Crippen molar-refractivity contribution in [3.05, 3.63) is 72.3 Å². The van der Waals surface area contributed by atoms with Crippen LogP contribution in [0.15, 0.2) is 71.6 Å². The molecule has 0 aliphatic carbocycles. The second-order valence-corrected chi connectivity index (χ2v) is 10.9. The summed E-state index contributed by atoms with van der Waals surface area (Å²) in [4.78, 5) is 12.0. The summed E-state index contributed by atoms with van der Waals surface area (Å²) in [6, 6.07) is 11.1. The Morgan fingerprint density at radius 1 is 1.06 bits per heavy atom. The molecule has 0 saturated heterocycles. The van der Waals surface area contributed by atoms with Crippen LogP contribution in [0.4, 0.5) is 0 Å². The summed E-state index contributed by atoms with van der Waals surface area (Å²) in [5, 5.41) is 9.89.